The van der Waals surface area contributed by atoms with Crippen LogP contribution in [0.1, 0.15) is 0 Å². The van der Waals surface area contributed by atoms with Crippen molar-refractivity contribution in [3.63, 3.8) is 0 Å². The predicted octanol–water partition coefficient (Wildman–Crippen LogP) is 3.68. The van der Waals surface area contributed by atoms with Crippen molar-refractivity contribution in [3.05, 3.63) is 46.7 Å². The summed E-state index contributed by atoms with van der Waals surface area (Å²) in [6, 6.07) is 5.24. The van der Waals surface area contributed by atoms with Crippen LogP contribution in [-0.2, 0) is 7.05 Å². The zero-order chi connectivity index (χ0) is 14.3. The van der Waals surface area contributed by atoms with Gasteiger partial charge in [-0.05, 0) is 29.1 Å². The minimum absolute atomic E-state index is 0.371. The molecule has 0 atom stereocenters. The zero-order valence-corrected chi connectivity index (χ0v) is 11.4. The van der Waals surface area contributed by atoms with E-state index in [-0.39, 0.29) is 0 Å². The van der Waals surface area contributed by atoms with Crippen molar-refractivity contribution >= 4 is 17.2 Å². The van der Waals surface area contributed by atoms with Gasteiger partial charge in [-0.3, -0.25) is 4.68 Å². The van der Waals surface area contributed by atoms with Gasteiger partial charge in [0.05, 0.1) is 5.56 Å². The molecule has 2 heterocycles. The van der Waals surface area contributed by atoms with Crippen LogP contribution in [-0.4, -0.2) is 9.78 Å². The highest BCUT2D eigenvalue weighted by Crippen LogP contribution is 2.37. The van der Waals surface area contributed by atoms with E-state index in [9.17, 15) is 8.78 Å². The lowest BCUT2D eigenvalue weighted by atomic mass is 10.0. The molecule has 20 heavy (non-hydrogen) atoms. The number of aromatic nitrogens is 2. The second kappa shape index (κ2) is 4.72. The Balaban J connectivity index is 2.27. The van der Waals surface area contributed by atoms with Crippen molar-refractivity contribution < 1.29 is 8.78 Å². The number of nitrogens with zero attached hydrogens (tertiary/aromatic N) is 2. The van der Waals surface area contributed by atoms with Crippen LogP contribution in [0.15, 0.2) is 35.0 Å². The fourth-order valence-corrected chi connectivity index (χ4v) is 2.76. The summed E-state index contributed by atoms with van der Waals surface area (Å²) in [4.78, 5) is 0. The third kappa shape index (κ3) is 2.08. The van der Waals surface area contributed by atoms with Crippen LogP contribution in [0.25, 0.3) is 22.4 Å². The van der Waals surface area contributed by atoms with Gasteiger partial charge < -0.3 is 5.73 Å². The first-order valence-corrected chi connectivity index (χ1v) is 6.82. The molecule has 3 aromatic rings. The number of hydrogen-bond donors (Lipinski definition) is 1. The van der Waals surface area contributed by atoms with E-state index in [1.807, 2.05) is 16.8 Å². The number of hydrogen-bond acceptors (Lipinski definition) is 3. The first kappa shape index (κ1) is 12.8. The Morgan fingerprint density at radius 3 is 2.45 bits per heavy atom. The number of aryl methyl sites for hydroxylation is 1. The minimum Gasteiger partial charge on any atom is -0.383 e. The van der Waals surface area contributed by atoms with Crippen molar-refractivity contribution in [2.45, 2.75) is 0 Å². The highest BCUT2D eigenvalue weighted by molar-refractivity contribution is 7.08. The first-order valence-electron chi connectivity index (χ1n) is 5.88. The van der Waals surface area contributed by atoms with Gasteiger partial charge in [-0.1, -0.05) is 0 Å². The Morgan fingerprint density at radius 2 is 1.85 bits per heavy atom. The third-order valence-corrected chi connectivity index (χ3v) is 3.72. The van der Waals surface area contributed by atoms with E-state index >= 15 is 0 Å². The van der Waals surface area contributed by atoms with Crippen molar-refractivity contribution in [1.82, 2.24) is 9.78 Å². The average molecular weight is 291 g/mol. The van der Waals surface area contributed by atoms with E-state index in [0.29, 0.717) is 22.6 Å². The Hall–Kier alpha value is -2.21. The Labute approximate surface area is 118 Å². The Bertz CT molecular complexity index is 743. The number of rotatable bonds is 2. The van der Waals surface area contributed by atoms with E-state index in [1.165, 1.54) is 28.2 Å². The van der Waals surface area contributed by atoms with Crippen LogP contribution in [0, 0.1) is 11.6 Å². The Kier molecular flexibility index (Phi) is 3.02. The molecular formula is C14H11F2N3S. The van der Waals surface area contributed by atoms with Gasteiger partial charge in [-0.15, -0.1) is 0 Å². The Morgan fingerprint density at radius 1 is 1.15 bits per heavy atom. The van der Waals surface area contributed by atoms with Crippen molar-refractivity contribution in [3.8, 4) is 22.4 Å². The van der Waals surface area contributed by atoms with Crippen LogP contribution in [0.2, 0.25) is 0 Å². The smallest absolute Gasteiger partial charge is 0.129 e. The van der Waals surface area contributed by atoms with Gasteiger partial charge in [0.25, 0.3) is 0 Å². The maximum atomic E-state index is 13.4. The second-order valence-corrected chi connectivity index (χ2v) is 5.18. The summed E-state index contributed by atoms with van der Waals surface area (Å²) in [6.07, 6.45) is 0. The molecule has 3 nitrogen and oxygen atoms in total. The molecule has 1 aromatic carbocycles. The molecule has 0 fully saturated rings. The zero-order valence-electron chi connectivity index (χ0n) is 10.6. The summed E-state index contributed by atoms with van der Waals surface area (Å²) in [5.41, 5.74) is 8.43. The molecule has 0 bridgehead atoms. The maximum Gasteiger partial charge on any atom is 0.129 e. The molecular weight excluding hydrogens is 280 g/mol. The summed E-state index contributed by atoms with van der Waals surface area (Å²) in [7, 11) is 1.70. The minimum atomic E-state index is -0.639. The van der Waals surface area contributed by atoms with Gasteiger partial charge in [-0.25, -0.2) is 8.78 Å². The normalized spacial score (nSPS) is 10.9. The highest BCUT2D eigenvalue weighted by atomic mass is 32.1. The van der Waals surface area contributed by atoms with E-state index in [0.717, 1.165) is 11.6 Å². The lowest BCUT2D eigenvalue weighted by Gasteiger charge is -2.04. The second-order valence-electron chi connectivity index (χ2n) is 4.40. The summed E-state index contributed by atoms with van der Waals surface area (Å²) in [5, 5.41) is 8.17. The topological polar surface area (TPSA) is 43.8 Å². The molecule has 0 saturated carbocycles. The van der Waals surface area contributed by atoms with Crippen molar-refractivity contribution in [2.24, 2.45) is 7.05 Å². The lowest BCUT2D eigenvalue weighted by molar-refractivity contribution is 0.584. The maximum absolute atomic E-state index is 13.4. The van der Waals surface area contributed by atoms with Gasteiger partial charge in [0.15, 0.2) is 0 Å². The molecule has 0 radical (unpaired) electrons. The fourth-order valence-electron chi connectivity index (χ4n) is 2.12. The summed E-state index contributed by atoms with van der Waals surface area (Å²) in [6.45, 7) is 0. The van der Waals surface area contributed by atoms with Gasteiger partial charge in [0.1, 0.15) is 23.1 Å². The third-order valence-electron chi connectivity index (χ3n) is 3.04. The molecule has 102 valence electrons. The van der Waals surface area contributed by atoms with Crippen LogP contribution in [0.5, 0.6) is 0 Å². The van der Waals surface area contributed by atoms with Crippen molar-refractivity contribution in [1.29, 1.82) is 0 Å². The molecule has 0 unspecified atom stereocenters. The fraction of sp³-hybridized carbons (Fsp3) is 0.0714. The summed E-state index contributed by atoms with van der Waals surface area (Å²) in [5.74, 6) is -0.907. The number of nitrogens with two attached hydrogens (primary N) is 1. The van der Waals surface area contributed by atoms with Crippen molar-refractivity contribution in [2.75, 3.05) is 5.73 Å². The first-order chi connectivity index (χ1) is 9.56. The SMILES string of the molecule is Cn1nc(-c2ccsc2)c(-c2cc(F)cc(F)c2)c1N. The van der Waals surface area contributed by atoms with Crippen LogP contribution >= 0.6 is 11.3 Å². The monoisotopic (exact) mass is 291 g/mol. The standard InChI is InChI=1S/C14H11F2N3S/c1-19-14(17)12(9-4-10(15)6-11(16)5-9)13(18-19)8-2-3-20-7-8/h2-7H,17H2,1H3. The number of anilines is 1. The molecule has 0 aliphatic rings. The van der Waals surface area contributed by atoms with Crippen LogP contribution < -0.4 is 5.73 Å². The van der Waals surface area contributed by atoms with Gasteiger partial charge in [0, 0.05) is 24.1 Å². The molecule has 3 rings (SSSR count). The van der Waals surface area contributed by atoms with Gasteiger partial charge >= 0.3 is 0 Å². The molecule has 0 spiro atoms. The molecule has 0 aliphatic heterocycles. The van der Waals surface area contributed by atoms with E-state index in [2.05, 4.69) is 5.10 Å². The number of halogens is 2. The summed E-state index contributed by atoms with van der Waals surface area (Å²) < 4.78 is 28.3. The van der Waals surface area contributed by atoms with E-state index < -0.39 is 11.6 Å². The summed E-state index contributed by atoms with van der Waals surface area (Å²) >= 11 is 1.52. The predicted molar refractivity (Wildman–Crippen MR) is 76.3 cm³/mol. The number of nitrogen functional groups attached to an aromatic ring is 1. The highest BCUT2D eigenvalue weighted by Gasteiger charge is 2.18. The molecule has 0 amide bonds. The van der Waals surface area contributed by atoms with Crippen LogP contribution in [0.4, 0.5) is 14.6 Å². The molecule has 0 saturated heterocycles. The van der Waals surface area contributed by atoms with Gasteiger partial charge in [0.2, 0.25) is 0 Å². The number of benzene rings is 1. The van der Waals surface area contributed by atoms with Crippen LogP contribution in [0.3, 0.4) is 0 Å². The quantitative estimate of drug-likeness (QED) is 0.782. The average Bonchev–Trinajstić information content (AvgIpc) is 2.97. The van der Waals surface area contributed by atoms with E-state index in [4.69, 9.17) is 5.73 Å². The molecule has 2 aromatic heterocycles. The van der Waals surface area contributed by atoms with Gasteiger partial charge in [-0.2, -0.15) is 16.4 Å². The lowest BCUT2D eigenvalue weighted by Crippen LogP contribution is -1.98. The molecule has 6 heteroatoms. The largest absolute Gasteiger partial charge is 0.383 e. The molecule has 2 N–H and O–H groups in total. The number of thiophene rings is 1. The van der Waals surface area contributed by atoms with E-state index in [1.54, 1.807) is 7.05 Å². The molecule has 0 aliphatic carbocycles.